The molecule has 0 spiro atoms. The molecule has 1 aliphatic heterocycles. The Hall–Kier alpha value is -1.75. The lowest BCUT2D eigenvalue weighted by molar-refractivity contribution is -0.157. The Morgan fingerprint density at radius 1 is 1.25 bits per heavy atom. The number of nitrogens with zero attached hydrogens (tertiary/aromatic N) is 2. The van der Waals surface area contributed by atoms with Crippen molar-refractivity contribution in [3.8, 4) is 0 Å². The van der Waals surface area contributed by atoms with Crippen LogP contribution >= 0.6 is 11.6 Å². The predicted octanol–water partition coefficient (Wildman–Crippen LogP) is 1.50. The van der Waals surface area contributed by atoms with E-state index < -0.39 is 11.8 Å². The van der Waals surface area contributed by atoms with Crippen LogP contribution in [0.1, 0.15) is 19.4 Å². The summed E-state index contributed by atoms with van der Waals surface area (Å²) < 4.78 is 0. The number of carbonyl (C=O) groups is 2. The fraction of sp³-hybridized carbons (Fsp3) is 0.429. The summed E-state index contributed by atoms with van der Waals surface area (Å²) in [6.07, 6.45) is 0. The smallest absolute Gasteiger partial charge is 0.312 e. The van der Waals surface area contributed by atoms with Crippen molar-refractivity contribution in [3.05, 3.63) is 28.8 Å². The number of rotatable bonds is 3. The van der Waals surface area contributed by atoms with Crippen LogP contribution < -0.4 is 5.73 Å². The molecule has 2 N–H and O–H groups in total. The van der Waals surface area contributed by atoms with Crippen molar-refractivity contribution in [3.63, 3.8) is 0 Å². The zero-order valence-corrected chi connectivity index (χ0v) is 12.4. The minimum Gasteiger partial charge on any atom is -0.398 e. The number of piperazine rings is 1. The van der Waals surface area contributed by atoms with Crippen molar-refractivity contribution >= 4 is 29.1 Å². The van der Waals surface area contributed by atoms with Crippen LogP contribution in [0, 0.1) is 0 Å². The van der Waals surface area contributed by atoms with Gasteiger partial charge in [-0.1, -0.05) is 17.7 Å². The molecule has 1 saturated heterocycles. The zero-order chi connectivity index (χ0) is 14.9. The maximum atomic E-state index is 12.1. The van der Waals surface area contributed by atoms with Gasteiger partial charge in [0.05, 0.1) is 0 Å². The van der Waals surface area contributed by atoms with Crippen molar-refractivity contribution in [1.29, 1.82) is 0 Å². The lowest BCUT2D eigenvalue weighted by atomic mass is 10.1. The Morgan fingerprint density at radius 3 is 2.55 bits per heavy atom. The molecule has 1 aromatic carbocycles. The van der Waals surface area contributed by atoms with Gasteiger partial charge in [-0.3, -0.25) is 9.59 Å². The van der Waals surface area contributed by atoms with Gasteiger partial charge in [-0.05, 0) is 31.5 Å². The number of carbonyl (C=O) groups excluding carboxylic acids is 2. The average molecular weight is 296 g/mol. The largest absolute Gasteiger partial charge is 0.398 e. The number of benzene rings is 1. The van der Waals surface area contributed by atoms with Crippen molar-refractivity contribution < 1.29 is 9.59 Å². The second-order valence-electron chi connectivity index (χ2n) is 5.16. The van der Waals surface area contributed by atoms with Crippen LogP contribution in [0.5, 0.6) is 0 Å². The number of amides is 2. The Bertz CT molecular complexity index is 545. The van der Waals surface area contributed by atoms with Gasteiger partial charge in [-0.15, -0.1) is 0 Å². The van der Waals surface area contributed by atoms with E-state index >= 15 is 0 Å². The maximum absolute atomic E-state index is 12.1. The average Bonchev–Trinajstić information content (AvgIpc) is 2.37. The molecule has 0 unspecified atom stereocenters. The first-order valence-electron chi connectivity index (χ1n) is 6.54. The van der Waals surface area contributed by atoms with E-state index in [1.54, 1.807) is 23.1 Å². The van der Waals surface area contributed by atoms with Crippen LogP contribution in [-0.2, 0) is 16.1 Å². The molecule has 1 aromatic rings. The minimum absolute atomic E-state index is 0.0363. The Morgan fingerprint density at radius 2 is 1.95 bits per heavy atom. The number of halogens is 1. The molecule has 5 nitrogen and oxygen atoms in total. The molecule has 0 radical (unpaired) electrons. The van der Waals surface area contributed by atoms with Crippen LogP contribution in [0.3, 0.4) is 0 Å². The molecular weight excluding hydrogens is 278 g/mol. The maximum Gasteiger partial charge on any atom is 0.312 e. The van der Waals surface area contributed by atoms with E-state index in [4.69, 9.17) is 17.3 Å². The third kappa shape index (κ3) is 2.88. The zero-order valence-electron chi connectivity index (χ0n) is 11.6. The summed E-state index contributed by atoms with van der Waals surface area (Å²) >= 11 is 5.84. The van der Waals surface area contributed by atoms with Gasteiger partial charge < -0.3 is 15.5 Å². The standard InChI is InChI=1S/C14H18ClN3O2/c1-9(2)18-6-5-17(13(19)14(18)20)8-10-3-4-11(15)7-12(10)16/h3-4,7,9H,5-6,8,16H2,1-2H3. The molecule has 0 bridgehead atoms. The highest BCUT2D eigenvalue weighted by Crippen LogP contribution is 2.21. The monoisotopic (exact) mass is 295 g/mol. The van der Waals surface area contributed by atoms with E-state index in [1.165, 1.54) is 4.90 Å². The van der Waals surface area contributed by atoms with E-state index in [-0.39, 0.29) is 6.04 Å². The minimum atomic E-state index is -0.473. The van der Waals surface area contributed by atoms with Gasteiger partial charge in [0.25, 0.3) is 0 Å². The molecule has 1 fully saturated rings. The summed E-state index contributed by atoms with van der Waals surface area (Å²) in [5.74, 6) is -0.918. The van der Waals surface area contributed by atoms with E-state index in [1.807, 2.05) is 13.8 Å². The van der Waals surface area contributed by atoms with E-state index in [0.717, 1.165) is 5.56 Å². The summed E-state index contributed by atoms with van der Waals surface area (Å²) in [7, 11) is 0. The number of nitrogens with two attached hydrogens (primary N) is 1. The molecular formula is C14H18ClN3O2. The molecule has 1 aliphatic rings. The van der Waals surface area contributed by atoms with Crippen LogP contribution in [0.2, 0.25) is 5.02 Å². The highest BCUT2D eigenvalue weighted by molar-refractivity contribution is 6.35. The number of hydrogen-bond acceptors (Lipinski definition) is 3. The van der Waals surface area contributed by atoms with E-state index in [9.17, 15) is 9.59 Å². The highest BCUT2D eigenvalue weighted by Gasteiger charge is 2.33. The Balaban J connectivity index is 2.11. The number of nitrogen functional groups attached to an aromatic ring is 1. The van der Waals surface area contributed by atoms with E-state index in [0.29, 0.717) is 30.3 Å². The third-order valence-electron chi connectivity index (χ3n) is 3.43. The normalized spacial score (nSPS) is 16.2. The molecule has 0 atom stereocenters. The molecule has 0 aromatic heterocycles. The van der Waals surface area contributed by atoms with Crippen molar-refractivity contribution in [2.24, 2.45) is 0 Å². The Kier molecular flexibility index (Phi) is 4.18. The van der Waals surface area contributed by atoms with Crippen LogP contribution in [0.15, 0.2) is 18.2 Å². The van der Waals surface area contributed by atoms with Gasteiger partial charge in [0, 0.05) is 36.4 Å². The molecule has 108 valence electrons. The fourth-order valence-electron chi connectivity index (χ4n) is 2.25. The predicted molar refractivity (Wildman–Crippen MR) is 78.1 cm³/mol. The molecule has 2 rings (SSSR count). The quantitative estimate of drug-likeness (QED) is 0.679. The molecule has 0 aliphatic carbocycles. The summed E-state index contributed by atoms with van der Waals surface area (Å²) in [4.78, 5) is 27.2. The first kappa shape index (κ1) is 14.7. The summed E-state index contributed by atoms with van der Waals surface area (Å²) in [5.41, 5.74) is 7.21. The van der Waals surface area contributed by atoms with Gasteiger partial charge >= 0.3 is 11.8 Å². The molecule has 2 amide bonds. The lowest BCUT2D eigenvalue weighted by Gasteiger charge is -2.36. The molecule has 6 heteroatoms. The topological polar surface area (TPSA) is 66.6 Å². The summed E-state index contributed by atoms with van der Waals surface area (Å²) in [6.45, 7) is 5.20. The second-order valence-corrected chi connectivity index (χ2v) is 5.60. The third-order valence-corrected chi connectivity index (χ3v) is 3.67. The number of hydrogen-bond donors (Lipinski definition) is 1. The Labute approximate surface area is 123 Å². The van der Waals surface area contributed by atoms with Crippen LogP contribution in [0.25, 0.3) is 0 Å². The first-order valence-corrected chi connectivity index (χ1v) is 6.91. The van der Waals surface area contributed by atoms with Gasteiger partial charge in [-0.2, -0.15) is 0 Å². The molecule has 1 heterocycles. The van der Waals surface area contributed by atoms with Crippen molar-refractivity contribution in [2.75, 3.05) is 18.8 Å². The van der Waals surface area contributed by atoms with Gasteiger partial charge in [0.1, 0.15) is 0 Å². The van der Waals surface area contributed by atoms with Gasteiger partial charge in [0.15, 0.2) is 0 Å². The number of anilines is 1. The SMILES string of the molecule is CC(C)N1CCN(Cc2ccc(Cl)cc2N)C(=O)C1=O. The van der Waals surface area contributed by atoms with Crippen LogP contribution in [0.4, 0.5) is 5.69 Å². The summed E-state index contributed by atoms with van der Waals surface area (Å²) in [6, 6.07) is 5.19. The van der Waals surface area contributed by atoms with Crippen molar-refractivity contribution in [1.82, 2.24) is 9.80 Å². The van der Waals surface area contributed by atoms with E-state index in [2.05, 4.69) is 0 Å². The molecule has 0 saturated carbocycles. The van der Waals surface area contributed by atoms with Gasteiger partial charge in [0.2, 0.25) is 0 Å². The fourth-order valence-corrected chi connectivity index (χ4v) is 2.43. The van der Waals surface area contributed by atoms with Gasteiger partial charge in [-0.25, -0.2) is 0 Å². The lowest BCUT2D eigenvalue weighted by Crippen LogP contribution is -2.55. The summed E-state index contributed by atoms with van der Waals surface area (Å²) in [5, 5.41) is 0.554. The van der Waals surface area contributed by atoms with Crippen molar-refractivity contribution in [2.45, 2.75) is 26.4 Å². The first-order chi connectivity index (χ1) is 9.40. The molecule has 20 heavy (non-hydrogen) atoms. The van der Waals surface area contributed by atoms with Crippen LogP contribution in [-0.4, -0.2) is 40.7 Å². The highest BCUT2D eigenvalue weighted by atomic mass is 35.5. The second kappa shape index (κ2) is 5.71.